The Hall–Kier alpha value is -7.17. The lowest BCUT2D eigenvalue weighted by Crippen LogP contribution is -2.54. The van der Waals surface area contributed by atoms with Crippen LogP contribution in [-0.2, 0) is 30.8 Å². The number of aromatic nitrogens is 3. The predicted molar refractivity (Wildman–Crippen MR) is 262 cm³/mol. The topological polar surface area (TPSA) is 237 Å². The minimum atomic E-state index is -3.49. The monoisotopic (exact) mass is 975 g/mol. The number of hydrogen-bond acceptors (Lipinski definition) is 15. The van der Waals surface area contributed by atoms with Gasteiger partial charge < -0.3 is 36.1 Å². The summed E-state index contributed by atoms with van der Waals surface area (Å²) < 4.78 is 42.3. The molecule has 6 N–H and O–H groups in total. The van der Waals surface area contributed by atoms with Crippen molar-refractivity contribution in [2.45, 2.75) is 50.6 Å². The van der Waals surface area contributed by atoms with Crippen LogP contribution in [0, 0.1) is 5.82 Å². The lowest BCUT2D eigenvalue weighted by atomic mass is 10.0. The number of aromatic amines is 1. The summed E-state index contributed by atoms with van der Waals surface area (Å²) in [5.41, 5.74) is 4.96. The Morgan fingerprint density at radius 2 is 1.63 bits per heavy atom. The molecule has 0 aliphatic carbocycles. The number of H-pyrrole nitrogens is 1. The Morgan fingerprint density at radius 1 is 0.829 bits per heavy atom. The standard InChI is InChI=1S/C48H54FN13O7S/c1-70(68,69)61-22-12-29-3-2-4-37(42(29)61)54-44-34-11-16-52-43(34)56-48(57-44)53-31-5-8-38(36(49)27-31)60-20-13-30(14-21-60)50-17-18-51-40(63)15-19-58-23-25-59(26-24-58)32-6-7-33-35(28-32)47(67)62(46(33)66)39-9-10-41(64)55-45(39)65/h2-8,11,16,27-28,30,39,50H,9-10,12-15,17-26H2,1H3,(H,51,63)(H,55,64,65)(H3,52,53,54,56,57). The number of halogens is 1. The molecule has 3 saturated heterocycles. The van der Waals surface area contributed by atoms with Gasteiger partial charge in [0.25, 0.3) is 11.8 Å². The maximum absolute atomic E-state index is 15.7. The number of sulfonamides is 1. The predicted octanol–water partition coefficient (Wildman–Crippen LogP) is 3.19. The summed E-state index contributed by atoms with van der Waals surface area (Å²) in [6, 6.07) is 16.8. The van der Waals surface area contributed by atoms with E-state index in [0.29, 0.717) is 105 Å². The fourth-order valence-electron chi connectivity index (χ4n) is 10.1. The first kappa shape index (κ1) is 46.6. The molecule has 5 amide bonds. The smallest absolute Gasteiger partial charge is 0.262 e. The van der Waals surface area contributed by atoms with Gasteiger partial charge in [-0.2, -0.15) is 9.97 Å². The second kappa shape index (κ2) is 19.3. The number of imide groups is 2. The van der Waals surface area contributed by atoms with Crippen LogP contribution >= 0.6 is 0 Å². The second-order valence-electron chi connectivity index (χ2n) is 18.3. The number of benzene rings is 3. The summed E-state index contributed by atoms with van der Waals surface area (Å²) in [6.07, 6.45) is 5.70. The summed E-state index contributed by atoms with van der Waals surface area (Å²) in [5.74, 6) is -1.83. The Bertz CT molecular complexity index is 3010. The van der Waals surface area contributed by atoms with Crippen LogP contribution < -0.4 is 40.7 Å². The number of rotatable bonds is 15. The Labute approximate surface area is 403 Å². The van der Waals surface area contributed by atoms with E-state index in [1.54, 1.807) is 30.5 Å². The molecule has 5 aliphatic heterocycles. The van der Waals surface area contributed by atoms with E-state index < -0.39 is 39.7 Å². The van der Waals surface area contributed by atoms with Gasteiger partial charge in [-0.15, -0.1) is 0 Å². The number of fused-ring (bicyclic) bond motifs is 3. The van der Waals surface area contributed by atoms with Crippen molar-refractivity contribution in [2.24, 2.45) is 0 Å². The van der Waals surface area contributed by atoms with Crippen LogP contribution in [0.25, 0.3) is 11.0 Å². The van der Waals surface area contributed by atoms with Crippen molar-refractivity contribution >= 4 is 90.8 Å². The van der Waals surface area contributed by atoms with Crippen LogP contribution in [-0.4, -0.2) is 146 Å². The number of carbonyl (C=O) groups is 5. The van der Waals surface area contributed by atoms with E-state index in [0.717, 1.165) is 42.1 Å². The highest BCUT2D eigenvalue weighted by Crippen LogP contribution is 2.40. The summed E-state index contributed by atoms with van der Waals surface area (Å²) >= 11 is 0. The highest BCUT2D eigenvalue weighted by atomic mass is 32.2. The van der Waals surface area contributed by atoms with E-state index >= 15 is 4.39 Å². The first-order chi connectivity index (χ1) is 33.8. The number of hydrogen-bond donors (Lipinski definition) is 6. The third kappa shape index (κ3) is 9.57. The molecule has 0 bridgehead atoms. The van der Waals surface area contributed by atoms with E-state index in [9.17, 15) is 32.4 Å². The van der Waals surface area contributed by atoms with Gasteiger partial charge in [-0.05, 0) is 79.8 Å². The fraction of sp³-hybridized carbons (Fsp3) is 0.396. The molecular weight excluding hydrogens is 922 g/mol. The second-order valence-corrected chi connectivity index (χ2v) is 20.2. The van der Waals surface area contributed by atoms with Gasteiger partial charge in [0.05, 0.1) is 39.8 Å². The van der Waals surface area contributed by atoms with E-state index in [2.05, 4.69) is 46.4 Å². The molecule has 3 fully saturated rings. The maximum Gasteiger partial charge on any atom is 0.262 e. The average molecular weight is 976 g/mol. The molecule has 0 radical (unpaired) electrons. The number of piperidine rings is 2. The van der Waals surface area contributed by atoms with Crippen LogP contribution in [0.2, 0.25) is 0 Å². The van der Waals surface area contributed by atoms with Crippen LogP contribution in [0.4, 0.5) is 44.6 Å². The molecule has 22 heteroatoms. The Balaban J connectivity index is 0.642. The molecule has 2 aromatic heterocycles. The van der Waals surface area contributed by atoms with Gasteiger partial charge in [0.15, 0.2) is 0 Å². The number of piperazine rings is 1. The van der Waals surface area contributed by atoms with Crippen molar-refractivity contribution in [1.29, 1.82) is 0 Å². The number of nitrogens with zero attached hydrogens (tertiary/aromatic N) is 7. The van der Waals surface area contributed by atoms with Gasteiger partial charge in [-0.25, -0.2) is 12.8 Å². The van der Waals surface area contributed by atoms with Gasteiger partial charge in [0.2, 0.25) is 33.7 Å². The summed E-state index contributed by atoms with van der Waals surface area (Å²) in [6.45, 7) is 6.20. The summed E-state index contributed by atoms with van der Waals surface area (Å²) in [5, 5.41) is 16.0. The van der Waals surface area contributed by atoms with Crippen molar-refractivity contribution in [3.05, 3.63) is 89.4 Å². The summed E-state index contributed by atoms with van der Waals surface area (Å²) in [4.78, 5) is 83.0. The molecule has 70 heavy (non-hydrogen) atoms. The maximum atomic E-state index is 15.7. The molecule has 3 aromatic carbocycles. The molecule has 1 unspecified atom stereocenters. The normalized spacial score (nSPS) is 18.9. The van der Waals surface area contributed by atoms with Crippen LogP contribution in [0.1, 0.15) is 58.4 Å². The third-order valence-corrected chi connectivity index (χ3v) is 14.9. The fourth-order valence-corrected chi connectivity index (χ4v) is 11.1. The minimum Gasteiger partial charge on any atom is -0.369 e. The van der Waals surface area contributed by atoms with Gasteiger partial charge in [-0.3, -0.25) is 43.4 Å². The van der Waals surface area contributed by atoms with Crippen LogP contribution in [0.5, 0.6) is 0 Å². The molecular formula is C48H54FN13O7S. The van der Waals surface area contributed by atoms with Gasteiger partial charge in [-0.1, -0.05) is 12.1 Å². The van der Waals surface area contributed by atoms with Gasteiger partial charge in [0, 0.05) is 102 Å². The molecule has 0 saturated carbocycles. The first-order valence-corrected chi connectivity index (χ1v) is 25.5. The Kier molecular flexibility index (Phi) is 12.8. The van der Waals surface area contributed by atoms with Crippen molar-refractivity contribution in [1.82, 2.24) is 40.7 Å². The van der Waals surface area contributed by atoms with E-state index in [1.165, 1.54) is 16.6 Å². The van der Waals surface area contributed by atoms with Crippen LogP contribution in [0.3, 0.4) is 0 Å². The minimum absolute atomic E-state index is 0.0265. The zero-order valence-corrected chi connectivity index (χ0v) is 39.4. The van der Waals surface area contributed by atoms with Gasteiger partial charge in [0.1, 0.15) is 23.3 Å². The summed E-state index contributed by atoms with van der Waals surface area (Å²) in [7, 11) is -3.49. The zero-order chi connectivity index (χ0) is 48.7. The third-order valence-electron chi connectivity index (χ3n) is 13.8. The Morgan fingerprint density at radius 3 is 2.40 bits per heavy atom. The SMILES string of the molecule is CS(=O)(=O)N1CCc2cccc(Nc3nc(Nc4ccc(N5CCC(NCCNC(=O)CCN6CCN(c7ccc8c(c7)C(=O)N(C7CCC(=O)NC7=O)C8=O)CC6)CC5)c(F)c4)nc4[nH]ccc34)c21. The molecule has 1 atom stereocenters. The molecule has 5 aliphatic rings. The van der Waals surface area contributed by atoms with Crippen molar-refractivity contribution in [2.75, 3.05) is 96.4 Å². The molecule has 10 rings (SSSR count). The largest absolute Gasteiger partial charge is 0.369 e. The lowest BCUT2D eigenvalue weighted by molar-refractivity contribution is -0.136. The number of nitrogens with one attached hydrogen (secondary N) is 6. The molecule has 20 nitrogen and oxygen atoms in total. The highest BCUT2D eigenvalue weighted by molar-refractivity contribution is 7.92. The van der Waals surface area contributed by atoms with E-state index in [4.69, 9.17) is 4.98 Å². The number of amides is 5. The zero-order valence-electron chi connectivity index (χ0n) is 38.6. The number of para-hydroxylation sites is 1. The average Bonchev–Trinajstić information content (AvgIpc) is 4.07. The first-order valence-electron chi connectivity index (χ1n) is 23.6. The van der Waals surface area contributed by atoms with Crippen molar-refractivity contribution in [3.63, 3.8) is 0 Å². The number of carbonyl (C=O) groups excluding carboxylic acids is 5. The highest BCUT2D eigenvalue weighted by Gasteiger charge is 2.45. The molecule has 5 aromatic rings. The van der Waals surface area contributed by atoms with Crippen LogP contribution in [0.15, 0.2) is 66.9 Å². The number of anilines is 7. The molecule has 0 spiro atoms. The van der Waals surface area contributed by atoms with Crippen molar-refractivity contribution < 1.29 is 36.8 Å². The molecule has 366 valence electrons. The van der Waals surface area contributed by atoms with Crippen molar-refractivity contribution in [3.8, 4) is 0 Å². The van der Waals surface area contributed by atoms with E-state index in [-0.39, 0.29) is 47.7 Å². The van der Waals surface area contributed by atoms with E-state index in [1.807, 2.05) is 35.2 Å². The quantitative estimate of drug-likeness (QED) is 0.0653. The van der Waals surface area contributed by atoms with Gasteiger partial charge >= 0.3 is 0 Å². The lowest BCUT2D eigenvalue weighted by Gasteiger charge is -2.36. The molecule has 7 heterocycles.